The highest BCUT2D eigenvalue weighted by molar-refractivity contribution is 7.91. The van der Waals surface area contributed by atoms with E-state index >= 15 is 0 Å². The van der Waals surface area contributed by atoms with Crippen molar-refractivity contribution in [1.29, 1.82) is 0 Å². The van der Waals surface area contributed by atoms with Crippen LogP contribution in [0.2, 0.25) is 0 Å². The first-order valence-corrected chi connectivity index (χ1v) is 40.8. The van der Waals surface area contributed by atoms with Crippen LogP contribution in [0.1, 0.15) is 166 Å². The van der Waals surface area contributed by atoms with Crippen molar-refractivity contribution in [2.45, 2.75) is 216 Å². The first kappa shape index (κ1) is 80.6. The Morgan fingerprint density at radius 1 is 0.586 bits per heavy atom. The quantitative estimate of drug-likeness (QED) is 0.0431. The minimum Gasteiger partial charge on any atom is -0.477 e. The summed E-state index contributed by atoms with van der Waals surface area (Å²) in [6.07, 6.45) is 12.6. The van der Waals surface area contributed by atoms with E-state index in [1.165, 1.54) is 34.3 Å². The molecule has 0 spiro atoms. The largest absolute Gasteiger partial charge is 0.477 e. The average molecular weight is 1580 g/mol. The van der Waals surface area contributed by atoms with Crippen molar-refractivity contribution in [2.75, 3.05) is 26.7 Å². The molecule has 8 fully saturated rings. The molecule has 33 nitrogen and oxygen atoms in total. The summed E-state index contributed by atoms with van der Waals surface area (Å²) in [4.78, 5) is 162. The molecule has 0 bridgehead atoms. The zero-order valence-electron chi connectivity index (χ0n) is 63.4. The van der Waals surface area contributed by atoms with Crippen molar-refractivity contribution in [3.05, 3.63) is 93.5 Å². The van der Waals surface area contributed by atoms with Crippen LogP contribution in [-0.2, 0) is 71.5 Å². The summed E-state index contributed by atoms with van der Waals surface area (Å²) >= 11 is 0. The molecule has 4 aromatic rings. The third-order valence-electron chi connectivity index (χ3n) is 22.1. The number of aryl methyl sites for hydroxylation is 2. The van der Waals surface area contributed by atoms with E-state index in [0.717, 1.165) is 25.7 Å². The molecule has 9 amide bonds. The van der Waals surface area contributed by atoms with E-state index in [2.05, 4.69) is 49.2 Å². The number of hydrogen-bond donors (Lipinski definition) is 9. The Morgan fingerprint density at radius 2 is 0.973 bits per heavy atom. The Bertz CT molecular complexity index is 4900. The highest BCUT2D eigenvalue weighted by Gasteiger charge is 2.64. The minimum absolute atomic E-state index is 0.00479. The number of carboxylic acids is 1. The maximum atomic E-state index is 14.5. The number of fused-ring (bicyclic) bond motifs is 4. The van der Waals surface area contributed by atoms with Crippen molar-refractivity contribution in [1.82, 2.24) is 55.0 Å². The molecule has 10 aliphatic rings. The predicted octanol–water partition coefficient (Wildman–Crippen LogP) is 2.81. The molecule has 10 atom stereocenters. The molecule has 2 aromatic heterocycles. The lowest BCUT2D eigenvalue weighted by Gasteiger charge is -2.35. The maximum absolute atomic E-state index is 14.5. The van der Waals surface area contributed by atoms with Crippen LogP contribution in [0.5, 0.6) is 23.0 Å². The lowest BCUT2D eigenvalue weighted by atomic mass is 9.85. The SMILES string of the molecule is C=CC1CC1(NC(=O)[C@@H]1C[C@@H](N)CN1C(=O)[C@@H](NC(=O)CC1CC1)C(C)(C)C)C(=O)NS(=O)(=O)C1CC1.C=CC1CC1(NC(=O)[C@@H]1C[C@@H](NC(=O)c2cn(CC)c3cc4c(cc3c2=O)OCO4)CN1C(=O)[C@@H](NC(=O)CC1CC1)C(C)(C)C)C(=O)NS(=O)(=O)C1CC1.CCn1cc(C(=O)O)c(=O)c2cc3c(cc21)OCO3. The van der Waals surface area contributed by atoms with Crippen LogP contribution in [-0.4, -0.2) is 185 Å². The number of nitrogens with two attached hydrogens (primary N) is 1. The Labute approximate surface area is 641 Å². The summed E-state index contributed by atoms with van der Waals surface area (Å²) in [5.74, 6) is -4.87. The van der Waals surface area contributed by atoms with Gasteiger partial charge in [0.05, 0.1) is 32.3 Å². The molecule has 0 radical (unpaired) electrons. The Hall–Kier alpha value is -9.90. The molecule has 10 N–H and O–H groups in total. The number of benzene rings is 2. The zero-order valence-corrected chi connectivity index (χ0v) is 65.0. The van der Waals surface area contributed by atoms with Gasteiger partial charge >= 0.3 is 5.97 Å². The lowest BCUT2D eigenvalue weighted by Crippen LogP contribution is -2.60. The van der Waals surface area contributed by atoms with Gasteiger partial charge in [0.2, 0.25) is 79.9 Å². The summed E-state index contributed by atoms with van der Waals surface area (Å²) in [6, 6.07) is 1.09. The number of likely N-dealkylation sites (tertiary alicyclic amines) is 2. The lowest BCUT2D eigenvalue weighted by molar-refractivity contribution is -0.144. The molecule has 111 heavy (non-hydrogen) atoms. The van der Waals surface area contributed by atoms with E-state index in [1.807, 2.05) is 34.6 Å². The van der Waals surface area contributed by atoms with E-state index in [1.54, 1.807) is 54.2 Å². The van der Waals surface area contributed by atoms with E-state index in [0.29, 0.717) is 90.5 Å². The topological polar surface area (TPSA) is 457 Å². The smallest absolute Gasteiger partial charge is 0.341 e. The number of carbonyl (C=O) groups excluding carboxylic acids is 9. The van der Waals surface area contributed by atoms with Crippen molar-refractivity contribution >= 4 is 101 Å². The highest BCUT2D eigenvalue weighted by atomic mass is 32.2. The number of pyridine rings is 2. The van der Waals surface area contributed by atoms with Crippen molar-refractivity contribution in [2.24, 2.45) is 40.2 Å². The van der Waals surface area contributed by atoms with Crippen LogP contribution in [0.25, 0.3) is 21.8 Å². The number of amides is 9. The van der Waals surface area contributed by atoms with E-state index in [4.69, 9.17) is 29.8 Å². The molecule has 4 unspecified atom stereocenters. The van der Waals surface area contributed by atoms with Crippen molar-refractivity contribution in [3.8, 4) is 23.0 Å². The Morgan fingerprint density at radius 3 is 1.34 bits per heavy atom. The number of carbonyl (C=O) groups is 10. The number of nitrogens with one attached hydrogen (secondary N) is 7. The minimum atomic E-state index is -3.94. The van der Waals surface area contributed by atoms with Gasteiger partial charge < -0.3 is 75.3 Å². The summed E-state index contributed by atoms with van der Waals surface area (Å²) in [6.45, 7) is 23.2. The van der Waals surface area contributed by atoms with Gasteiger partial charge in [0.25, 0.3) is 17.7 Å². The molecule has 2 aromatic carbocycles. The number of aromatic nitrogens is 2. The fraction of sp³-hybridized carbons (Fsp3) is 0.579. The van der Waals surface area contributed by atoms with Gasteiger partial charge in [-0.2, -0.15) is 0 Å². The summed E-state index contributed by atoms with van der Waals surface area (Å²) in [7, 11) is -7.74. The van der Waals surface area contributed by atoms with Gasteiger partial charge in [-0.15, -0.1) is 13.2 Å². The van der Waals surface area contributed by atoms with Crippen molar-refractivity contribution < 1.29 is 88.8 Å². The van der Waals surface area contributed by atoms with Crippen LogP contribution in [0, 0.1) is 34.5 Å². The fourth-order valence-electron chi connectivity index (χ4n) is 14.7. The van der Waals surface area contributed by atoms with Gasteiger partial charge in [0, 0.05) is 87.5 Å². The number of sulfonamides is 2. The van der Waals surface area contributed by atoms with Crippen molar-refractivity contribution in [3.63, 3.8) is 0 Å². The highest BCUT2D eigenvalue weighted by Crippen LogP contribution is 2.48. The second-order valence-electron chi connectivity index (χ2n) is 32.9. The molecule has 35 heteroatoms. The summed E-state index contributed by atoms with van der Waals surface area (Å²) in [5, 5.41) is 22.5. The standard InChI is InChI=1S/C38H48N6O10S.C25H39N5O6S.C13H11NO5/c1-6-21-16-38(21,36(50)42-55(51,52)23-10-11-23)41-34(48)27-13-22(17-44(27)35(49)32(37(3,4)5)40-30(45)12-20-8-9-20)39-33(47)25-18-43(7-2)26-15-29-28(53-19-54-29)14-24(26)31(25)46;1-5-15-12-25(15,23(34)29-37(35,36)17-8-9-17)28-21(32)18-11-16(26)13-30(18)22(33)20(24(2,3)4)27-19(31)10-14-6-7-14;1-2-14-5-8(13(16)17)12(15)7-3-10-11(4-9(7)14)19-6-18-10/h6,14-15,18,20-23,27,32H,1,7-13,16-17,19H2,2-5H3,(H,39,47)(H,40,45)(H,41,48)(H,42,50);5,14-18,20H,1,6-13,26H2,2-4H3,(H,27,31)(H,28,32)(H,29,34);3-5H,2,6H2,1H3,(H,16,17)/t21?,22-,27+,32-,38?;15?,16-,18+,20-,25?;/m11./s1. The maximum Gasteiger partial charge on any atom is 0.341 e. The molecule has 6 aliphatic carbocycles. The molecule has 2 saturated heterocycles. The third-order valence-corrected chi connectivity index (χ3v) is 25.8. The molecule has 6 saturated carbocycles. The number of hydrogen-bond acceptors (Lipinski definition) is 21. The van der Waals surface area contributed by atoms with Gasteiger partial charge in [-0.25, -0.2) is 21.6 Å². The average Bonchev–Trinajstić information content (AvgIpc) is 1.26. The van der Waals surface area contributed by atoms with Crippen LogP contribution >= 0.6 is 0 Å². The van der Waals surface area contributed by atoms with Gasteiger partial charge in [0.1, 0.15) is 46.4 Å². The van der Waals surface area contributed by atoms with Crippen LogP contribution in [0.4, 0.5) is 0 Å². The number of nitrogens with zero attached hydrogens (tertiary/aromatic N) is 4. The third kappa shape index (κ3) is 17.3. The first-order valence-electron chi connectivity index (χ1n) is 37.7. The molecule has 600 valence electrons. The van der Waals surface area contributed by atoms with Crippen LogP contribution in [0.3, 0.4) is 0 Å². The van der Waals surface area contributed by atoms with Gasteiger partial charge in [-0.1, -0.05) is 53.7 Å². The van der Waals surface area contributed by atoms with Gasteiger partial charge in [-0.3, -0.25) is 62.2 Å². The van der Waals surface area contributed by atoms with Gasteiger partial charge in [0.15, 0.2) is 23.0 Å². The molecular formula is C76H98N12O21S2. The van der Waals surface area contributed by atoms with Crippen LogP contribution in [0.15, 0.2) is 71.6 Å². The number of rotatable bonds is 25. The molecular weight excluding hydrogens is 1480 g/mol. The zero-order chi connectivity index (χ0) is 80.5. The van der Waals surface area contributed by atoms with E-state index in [9.17, 15) is 74.4 Å². The monoisotopic (exact) mass is 1580 g/mol. The second kappa shape index (κ2) is 30.6. The normalized spacial score (nSPS) is 24.6. The molecule has 14 rings (SSSR count). The Kier molecular flexibility index (Phi) is 22.3. The van der Waals surface area contributed by atoms with Gasteiger partial charge in [-0.05, 0) is 126 Å². The summed E-state index contributed by atoms with van der Waals surface area (Å²) in [5.41, 5.74) is 1.45. The second-order valence-corrected chi connectivity index (χ2v) is 36.8. The van der Waals surface area contributed by atoms with E-state index < -0.39 is 159 Å². The predicted molar refractivity (Wildman–Crippen MR) is 402 cm³/mol. The number of aromatic carboxylic acids is 1. The number of ether oxygens (including phenoxy) is 4. The number of carboxylic acid groups (broad SMARTS) is 1. The first-order chi connectivity index (χ1) is 52.2. The fourth-order valence-corrected chi connectivity index (χ4v) is 17.5. The van der Waals surface area contributed by atoms with Crippen LogP contribution < -0.4 is 71.6 Å². The molecule has 6 heterocycles. The summed E-state index contributed by atoms with van der Waals surface area (Å²) < 4.78 is 79.2. The molecule has 4 aliphatic heterocycles. The Balaban J connectivity index is 0.000000174. The van der Waals surface area contributed by atoms with E-state index in [-0.39, 0.29) is 93.0 Å².